The average Bonchev–Trinajstić information content (AvgIpc) is 2.39. The van der Waals surface area contributed by atoms with Crippen molar-refractivity contribution in [2.75, 3.05) is 20.1 Å². The summed E-state index contributed by atoms with van der Waals surface area (Å²) in [7, 11) is -1.76. The van der Waals surface area contributed by atoms with Gasteiger partial charge in [0.1, 0.15) is 0 Å². The van der Waals surface area contributed by atoms with Crippen molar-refractivity contribution in [3.8, 4) is 0 Å². The topological polar surface area (TPSA) is 49.4 Å². The summed E-state index contributed by atoms with van der Waals surface area (Å²) in [5.41, 5.74) is 0. The first kappa shape index (κ1) is 16.7. The minimum absolute atomic E-state index is 0. The van der Waals surface area contributed by atoms with Crippen LogP contribution in [-0.4, -0.2) is 38.9 Å². The van der Waals surface area contributed by atoms with E-state index in [0.717, 1.165) is 25.9 Å². The Hall–Kier alpha value is -0.330. The van der Waals surface area contributed by atoms with Crippen LogP contribution >= 0.6 is 24.0 Å². The van der Waals surface area contributed by atoms with Crippen LogP contribution in [0.1, 0.15) is 12.8 Å². The molecule has 1 aliphatic heterocycles. The van der Waals surface area contributed by atoms with E-state index in [1.165, 1.54) is 4.31 Å². The van der Waals surface area contributed by atoms with Gasteiger partial charge in [-0.15, -0.1) is 12.4 Å². The quantitative estimate of drug-likeness (QED) is 0.926. The lowest BCUT2D eigenvalue weighted by Crippen LogP contribution is -2.43. The highest BCUT2D eigenvalue weighted by molar-refractivity contribution is 7.89. The summed E-state index contributed by atoms with van der Waals surface area (Å²) in [5.74, 6) is 0. The fourth-order valence-electron chi connectivity index (χ4n) is 2.14. The van der Waals surface area contributed by atoms with Crippen molar-refractivity contribution in [1.82, 2.24) is 9.62 Å². The summed E-state index contributed by atoms with van der Waals surface area (Å²) in [6.45, 7) is 1.73. The second kappa shape index (κ2) is 6.90. The molecule has 0 bridgehead atoms. The maximum absolute atomic E-state index is 12.4. The number of benzene rings is 1. The van der Waals surface area contributed by atoms with E-state index in [0.29, 0.717) is 9.92 Å². The molecular weight excluding hydrogens is 307 g/mol. The molecule has 0 aliphatic carbocycles. The van der Waals surface area contributed by atoms with Gasteiger partial charge in [0, 0.05) is 18.1 Å². The van der Waals surface area contributed by atoms with Crippen LogP contribution in [0, 0.1) is 0 Å². The second-order valence-electron chi connectivity index (χ2n) is 4.46. The maximum Gasteiger partial charge on any atom is 0.243 e. The highest BCUT2D eigenvalue weighted by Crippen LogP contribution is 2.21. The minimum atomic E-state index is -3.41. The van der Waals surface area contributed by atoms with Crippen molar-refractivity contribution in [3.63, 3.8) is 0 Å². The Kier molecular flexibility index (Phi) is 6.08. The van der Waals surface area contributed by atoms with E-state index in [-0.39, 0.29) is 18.4 Å². The molecule has 0 amide bonds. The van der Waals surface area contributed by atoms with Crippen LogP contribution in [0.25, 0.3) is 0 Å². The molecule has 1 aliphatic rings. The summed E-state index contributed by atoms with van der Waals surface area (Å²) in [4.78, 5) is 0.299. The van der Waals surface area contributed by atoms with Crippen LogP contribution in [-0.2, 0) is 10.0 Å². The number of nitrogens with one attached hydrogen (secondary N) is 1. The lowest BCUT2D eigenvalue weighted by molar-refractivity contribution is 0.296. The largest absolute Gasteiger partial charge is 0.317 e. The van der Waals surface area contributed by atoms with Gasteiger partial charge in [-0.05, 0) is 50.2 Å². The molecule has 1 N–H and O–H groups in total. The summed E-state index contributed by atoms with van der Waals surface area (Å²) < 4.78 is 26.3. The van der Waals surface area contributed by atoms with Crippen LogP contribution in [0.5, 0.6) is 0 Å². The Bertz CT molecular complexity index is 499. The third-order valence-corrected chi connectivity index (χ3v) is 5.49. The molecule has 0 spiro atoms. The zero-order chi connectivity index (χ0) is 13.2. The zero-order valence-electron chi connectivity index (χ0n) is 10.7. The summed E-state index contributed by atoms with van der Waals surface area (Å²) in [6.07, 6.45) is 1.70. The number of hydrogen-bond acceptors (Lipinski definition) is 3. The molecule has 1 fully saturated rings. The van der Waals surface area contributed by atoms with Crippen molar-refractivity contribution in [2.24, 2.45) is 0 Å². The van der Waals surface area contributed by atoms with Gasteiger partial charge in [0.2, 0.25) is 10.0 Å². The number of piperidine rings is 1. The molecule has 108 valence electrons. The fraction of sp³-hybridized carbons (Fsp3) is 0.500. The molecule has 1 heterocycles. The third kappa shape index (κ3) is 3.83. The van der Waals surface area contributed by atoms with Gasteiger partial charge in [0.25, 0.3) is 0 Å². The maximum atomic E-state index is 12.4. The van der Waals surface area contributed by atoms with Crippen LogP contribution in [0.4, 0.5) is 0 Å². The Labute approximate surface area is 125 Å². The first-order valence-corrected chi connectivity index (χ1v) is 7.78. The smallest absolute Gasteiger partial charge is 0.243 e. The molecule has 0 aromatic heterocycles. The average molecular weight is 325 g/mol. The predicted molar refractivity (Wildman–Crippen MR) is 79.5 cm³/mol. The summed E-state index contributed by atoms with van der Waals surface area (Å²) in [6, 6.07) is 6.38. The number of hydrogen-bond donors (Lipinski definition) is 1. The molecule has 19 heavy (non-hydrogen) atoms. The number of sulfonamides is 1. The number of nitrogens with zero attached hydrogens (tertiary/aromatic N) is 1. The summed E-state index contributed by atoms with van der Waals surface area (Å²) >= 11 is 5.77. The van der Waals surface area contributed by atoms with E-state index in [2.05, 4.69) is 5.32 Å². The molecule has 0 atom stereocenters. The van der Waals surface area contributed by atoms with Crippen LogP contribution < -0.4 is 5.32 Å². The van der Waals surface area contributed by atoms with Crippen molar-refractivity contribution in [1.29, 1.82) is 0 Å². The van der Waals surface area contributed by atoms with Gasteiger partial charge in [-0.25, -0.2) is 8.42 Å². The van der Waals surface area contributed by atoms with Gasteiger partial charge in [0.15, 0.2) is 0 Å². The Morgan fingerprint density at radius 1 is 1.21 bits per heavy atom. The molecule has 7 heteroatoms. The van der Waals surface area contributed by atoms with E-state index >= 15 is 0 Å². The second-order valence-corrected chi connectivity index (χ2v) is 6.89. The lowest BCUT2D eigenvalue weighted by atomic mass is 10.1. The van der Waals surface area contributed by atoms with Gasteiger partial charge >= 0.3 is 0 Å². The van der Waals surface area contributed by atoms with E-state index < -0.39 is 10.0 Å². The van der Waals surface area contributed by atoms with Crippen LogP contribution in [0.15, 0.2) is 29.2 Å². The highest BCUT2D eigenvalue weighted by atomic mass is 35.5. The normalized spacial score (nSPS) is 17.2. The SMILES string of the molecule is CN(C1CCNCC1)S(=O)(=O)c1ccc(Cl)cc1.Cl. The molecule has 1 saturated heterocycles. The molecule has 4 nitrogen and oxygen atoms in total. The van der Waals surface area contributed by atoms with Gasteiger partial charge in [-0.2, -0.15) is 4.31 Å². The molecule has 1 aromatic carbocycles. The highest BCUT2D eigenvalue weighted by Gasteiger charge is 2.28. The van der Waals surface area contributed by atoms with Crippen molar-refractivity contribution < 1.29 is 8.42 Å². The van der Waals surface area contributed by atoms with Gasteiger partial charge in [-0.3, -0.25) is 0 Å². The van der Waals surface area contributed by atoms with Crippen molar-refractivity contribution >= 4 is 34.0 Å². The van der Waals surface area contributed by atoms with Crippen LogP contribution in [0.3, 0.4) is 0 Å². The van der Waals surface area contributed by atoms with E-state index in [1.54, 1.807) is 31.3 Å². The van der Waals surface area contributed by atoms with Gasteiger partial charge in [-0.1, -0.05) is 11.6 Å². The lowest BCUT2D eigenvalue weighted by Gasteiger charge is -2.30. The molecule has 1 aromatic rings. The number of halogens is 2. The van der Waals surface area contributed by atoms with E-state index in [1.807, 2.05) is 0 Å². The first-order valence-electron chi connectivity index (χ1n) is 5.96. The van der Waals surface area contributed by atoms with Gasteiger partial charge < -0.3 is 5.32 Å². The predicted octanol–water partition coefficient (Wildman–Crippen LogP) is 2.13. The fourth-order valence-corrected chi connectivity index (χ4v) is 3.68. The molecule has 0 unspecified atom stereocenters. The minimum Gasteiger partial charge on any atom is -0.317 e. The molecule has 0 saturated carbocycles. The van der Waals surface area contributed by atoms with Crippen molar-refractivity contribution in [3.05, 3.63) is 29.3 Å². The molecular formula is C12H18Cl2N2O2S. The Morgan fingerprint density at radius 3 is 2.26 bits per heavy atom. The summed E-state index contributed by atoms with van der Waals surface area (Å²) in [5, 5.41) is 3.77. The first-order chi connectivity index (χ1) is 8.51. The zero-order valence-corrected chi connectivity index (χ0v) is 13.1. The van der Waals surface area contributed by atoms with E-state index in [9.17, 15) is 8.42 Å². The standard InChI is InChI=1S/C12H17ClN2O2S.ClH/c1-15(11-6-8-14-9-7-11)18(16,17)12-4-2-10(13)3-5-12;/h2-5,11,14H,6-9H2,1H3;1H. The Morgan fingerprint density at radius 2 is 1.74 bits per heavy atom. The number of rotatable bonds is 3. The monoisotopic (exact) mass is 324 g/mol. The molecule has 2 rings (SSSR count). The van der Waals surface area contributed by atoms with Crippen molar-refractivity contribution in [2.45, 2.75) is 23.8 Å². The van der Waals surface area contributed by atoms with Gasteiger partial charge in [0.05, 0.1) is 4.90 Å². The third-order valence-electron chi connectivity index (χ3n) is 3.31. The molecule has 0 radical (unpaired) electrons. The van der Waals surface area contributed by atoms with Crippen LogP contribution in [0.2, 0.25) is 5.02 Å². The van der Waals surface area contributed by atoms with E-state index in [4.69, 9.17) is 11.6 Å². The Balaban J connectivity index is 0.00000180.